The molecule has 0 spiro atoms. The van der Waals surface area contributed by atoms with E-state index in [1.807, 2.05) is 18.2 Å². The third-order valence-corrected chi connectivity index (χ3v) is 6.13. The Kier molecular flexibility index (Phi) is 8.25. The number of rotatable bonds is 10. The van der Waals surface area contributed by atoms with E-state index < -0.39 is 10.8 Å². The van der Waals surface area contributed by atoms with Gasteiger partial charge in [0.15, 0.2) is 5.76 Å². The smallest absolute Gasteiger partial charge is 0.286 e. The first kappa shape index (κ1) is 22.3. The Morgan fingerprint density at radius 3 is 2.53 bits per heavy atom. The molecule has 0 unspecified atom stereocenters. The highest BCUT2D eigenvalue weighted by Crippen LogP contribution is 2.17. The quantitative estimate of drug-likeness (QED) is 0.468. The number of benzene rings is 2. The minimum absolute atomic E-state index is 0.208. The zero-order valence-electron chi connectivity index (χ0n) is 16.8. The molecule has 1 aromatic heterocycles. The number of hydrogen-bond acceptors (Lipinski definition) is 4. The Morgan fingerprint density at radius 2 is 1.80 bits per heavy atom. The van der Waals surface area contributed by atoms with Gasteiger partial charge in [0, 0.05) is 23.0 Å². The Bertz CT molecular complexity index is 974. The molecule has 0 radical (unpaired) electrons. The lowest BCUT2D eigenvalue weighted by Crippen LogP contribution is -2.27. The molecule has 1 atom stereocenters. The fourth-order valence-corrected chi connectivity index (χ4v) is 4.13. The molecule has 0 saturated heterocycles. The van der Waals surface area contributed by atoms with Crippen LogP contribution in [0.3, 0.4) is 0 Å². The van der Waals surface area contributed by atoms with E-state index in [1.165, 1.54) is 5.56 Å². The van der Waals surface area contributed by atoms with Crippen LogP contribution in [-0.2, 0) is 23.1 Å². The van der Waals surface area contributed by atoms with Gasteiger partial charge in [0.05, 0.1) is 16.6 Å². The van der Waals surface area contributed by atoms with Crippen LogP contribution < -0.4 is 5.32 Å². The van der Waals surface area contributed by atoms with Crippen LogP contribution in [0.4, 0.5) is 0 Å². The van der Waals surface area contributed by atoms with Gasteiger partial charge in [-0.15, -0.1) is 0 Å². The normalized spacial score (nSPS) is 12.1. The van der Waals surface area contributed by atoms with Gasteiger partial charge in [-0.3, -0.25) is 9.00 Å². The zero-order valence-corrected chi connectivity index (χ0v) is 18.4. The Labute approximate surface area is 184 Å². The molecule has 158 valence electrons. The molecular formula is C23H25ClN2O3S. The molecule has 0 saturated carbocycles. The van der Waals surface area contributed by atoms with Crippen molar-refractivity contribution in [1.82, 2.24) is 10.2 Å². The fraction of sp³-hybridized carbons (Fsp3) is 0.261. The van der Waals surface area contributed by atoms with Gasteiger partial charge in [0.2, 0.25) is 0 Å². The van der Waals surface area contributed by atoms with Gasteiger partial charge in [-0.05, 0) is 62.0 Å². The van der Waals surface area contributed by atoms with E-state index in [0.717, 1.165) is 19.5 Å². The minimum Gasteiger partial charge on any atom is -0.455 e. The third-order valence-electron chi connectivity index (χ3n) is 4.53. The molecule has 0 aliphatic rings. The largest absolute Gasteiger partial charge is 0.455 e. The number of amides is 1. The number of furan rings is 1. The van der Waals surface area contributed by atoms with Gasteiger partial charge in [0.25, 0.3) is 5.91 Å². The van der Waals surface area contributed by atoms with Gasteiger partial charge in [0.1, 0.15) is 5.76 Å². The molecule has 3 rings (SSSR count). The minimum atomic E-state index is -1.26. The van der Waals surface area contributed by atoms with Crippen LogP contribution in [-0.4, -0.2) is 35.2 Å². The lowest BCUT2D eigenvalue weighted by atomic mass is 10.2. The molecule has 7 heteroatoms. The van der Waals surface area contributed by atoms with Gasteiger partial charge in [-0.1, -0.05) is 41.9 Å². The SMILES string of the molecule is CN(CCCNC(=O)c1ccc(C[S@](=O)c2ccc(Cl)cc2)o1)Cc1ccccc1. The summed E-state index contributed by atoms with van der Waals surface area (Å²) in [6, 6.07) is 20.4. The maximum absolute atomic E-state index is 12.4. The topological polar surface area (TPSA) is 62.6 Å². The molecule has 1 N–H and O–H groups in total. The highest BCUT2D eigenvalue weighted by Gasteiger charge is 2.13. The Balaban J connectivity index is 1.40. The van der Waals surface area contributed by atoms with E-state index in [4.69, 9.17) is 16.0 Å². The van der Waals surface area contributed by atoms with Crippen molar-refractivity contribution >= 4 is 28.3 Å². The summed E-state index contributed by atoms with van der Waals surface area (Å²) in [5, 5.41) is 3.47. The number of hydrogen-bond donors (Lipinski definition) is 1. The summed E-state index contributed by atoms with van der Waals surface area (Å²) >= 11 is 5.86. The maximum Gasteiger partial charge on any atom is 0.286 e. The van der Waals surface area contributed by atoms with Crippen LogP contribution in [0.2, 0.25) is 5.02 Å². The van der Waals surface area contributed by atoms with Crippen LogP contribution in [0.1, 0.15) is 28.3 Å². The first-order valence-electron chi connectivity index (χ1n) is 9.74. The molecule has 3 aromatic rings. The first-order valence-corrected chi connectivity index (χ1v) is 11.4. The molecule has 5 nitrogen and oxygen atoms in total. The molecule has 0 fully saturated rings. The molecule has 1 amide bonds. The van der Waals surface area contributed by atoms with Crippen LogP contribution in [0.25, 0.3) is 0 Å². The van der Waals surface area contributed by atoms with Gasteiger partial charge in [-0.2, -0.15) is 0 Å². The van der Waals surface area contributed by atoms with E-state index in [0.29, 0.717) is 22.2 Å². The average Bonchev–Trinajstić information content (AvgIpc) is 3.21. The van der Waals surface area contributed by atoms with E-state index >= 15 is 0 Å². The first-order chi connectivity index (χ1) is 14.5. The van der Waals surface area contributed by atoms with E-state index in [1.54, 1.807) is 36.4 Å². The second-order valence-corrected chi connectivity index (χ2v) is 8.93. The molecular weight excluding hydrogens is 420 g/mol. The highest BCUT2D eigenvalue weighted by molar-refractivity contribution is 7.84. The number of carbonyl (C=O) groups excluding carboxylic acids is 1. The monoisotopic (exact) mass is 444 g/mol. The van der Waals surface area contributed by atoms with Crippen molar-refractivity contribution in [2.45, 2.75) is 23.6 Å². The summed E-state index contributed by atoms with van der Waals surface area (Å²) in [5.41, 5.74) is 1.27. The lowest BCUT2D eigenvalue weighted by Gasteiger charge is -2.16. The third kappa shape index (κ3) is 6.83. The van der Waals surface area contributed by atoms with Crippen LogP contribution in [0.5, 0.6) is 0 Å². The van der Waals surface area contributed by atoms with Crippen molar-refractivity contribution in [2.75, 3.05) is 20.1 Å². The van der Waals surface area contributed by atoms with Crippen LogP contribution in [0, 0.1) is 0 Å². The predicted molar refractivity (Wildman–Crippen MR) is 120 cm³/mol. The van der Waals surface area contributed by atoms with Crippen molar-refractivity contribution in [2.24, 2.45) is 0 Å². The molecule has 2 aromatic carbocycles. The summed E-state index contributed by atoms with van der Waals surface area (Å²) in [6.07, 6.45) is 0.837. The molecule has 30 heavy (non-hydrogen) atoms. The van der Waals surface area contributed by atoms with Crippen LogP contribution >= 0.6 is 11.6 Å². The summed E-state index contributed by atoms with van der Waals surface area (Å²) < 4.78 is 18.0. The van der Waals surface area contributed by atoms with Crippen molar-refractivity contribution in [3.8, 4) is 0 Å². The molecule has 0 bridgehead atoms. The van der Waals surface area contributed by atoms with Crippen molar-refractivity contribution < 1.29 is 13.4 Å². The van der Waals surface area contributed by atoms with E-state index in [9.17, 15) is 9.00 Å². The molecule has 0 aliphatic carbocycles. The predicted octanol–water partition coefficient (Wildman–Crippen LogP) is 4.49. The van der Waals surface area contributed by atoms with Gasteiger partial charge < -0.3 is 14.6 Å². The van der Waals surface area contributed by atoms with Crippen molar-refractivity contribution in [3.63, 3.8) is 0 Å². The number of halogens is 1. The summed E-state index contributed by atoms with van der Waals surface area (Å²) in [4.78, 5) is 15.2. The number of nitrogens with one attached hydrogen (secondary N) is 1. The van der Waals surface area contributed by atoms with Gasteiger partial charge in [-0.25, -0.2) is 0 Å². The average molecular weight is 445 g/mol. The number of carbonyl (C=O) groups is 1. The van der Waals surface area contributed by atoms with Crippen LogP contribution in [0.15, 0.2) is 76.0 Å². The highest BCUT2D eigenvalue weighted by atomic mass is 35.5. The fourth-order valence-electron chi connectivity index (χ4n) is 2.99. The Morgan fingerprint density at radius 1 is 1.07 bits per heavy atom. The molecule has 1 heterocycles. The van der Waals surface area contributed by atoms with Crippen molar-refractivity contribution in [1.29, 1.82) is 0 Å². The number of nitrogens with zero attached hydrogens (tertiary/aromatic N) is 1. The summed E-state index contributed by atoms with van der Waals surface area (Å²) in [6.45, 7) is 2.31. The second-order valence-electron chi connectivity index (χ2n) is 7.04. The van der Waals surface area contributed by atoms with Crippen molar-refractivity contribution in [3.05, 3.63) is 88.8 Å². The zero-order chi connectivity index (χ0) is 21.3. The van der Waals surface area contributed by atoms with E-state index in [2.05, 4.69) is 29.4 Å². The molecule has 0 aliphatic heterocycles. The summed E-state index contributed by atoms with van der Waals surface area (Å²) in [5.74, 6) is 0.690. The summed E-state index contributed by atoms with van der Waals surface area (Å²) in [7, 11) is 0.803. The maximum atomic E-state index is 12.4. The lowest BCUT2D eigenvalue weighted by molar-refractivity contribution is 0.0922. The standard InChI is InChI=1S/C23H25ClN2O3S/c1-26(16-18-6-3-2-4-7-18)15-5-14-25-23(27)22-13-10-20(29-22)17-30(28)21-11-8-19(24)9-12-21/h2-4,6-13H,5,14-17H2,1H3,(H,25,27)/t30-/m0/s1. The van der Waals surface area contributed by atoms with E-state index in [-0.39, 0.29) is 17.4 Å². The van der Waals surface area contributed by atoms with Gasteiger partial charge >= 0.3 is 0 Å². The second kappa shape index (κ2) is 11.1. The Hall–Kier alpha value is -2.41.